The maximum absolute atomic E-state index is 13.3. The zero-order valence-electron chi connectivity index (χ0n) is 16.1. The normalized spacial score (nSPS) is 12.2. The maximum atomic E-state index is 13.3. The molecule has 3 rings (SSSR count). The van der Waals surface area contributed by atoms with Crippen LogP contribution in [0.2, 0.25) is 0 Å². The molecule has 1 aromatic heterocycles. The minimum atomic E-state index is -4.68. The largest absolute Gasteiger partial charge is 0.435 e. The topological polar surface area (TPSA) is 101 Å². The van der Waals surface area contributed by atoms with Crippen molar-refractivity contribution < 1.29 is 26.7 Å². The number of nitrogens with zero attached hydrogens (tertiary/aromatic N) is 3. The second-order valence-electron chi connectivity index (χ2n) is 6.76. The summed E-state index contributed by atoms with van der Waals surface area (Å²) in [7, 11) is -0.437. The highest BCUT2D eigenvalue weighted by molar-refractivity contribution is 7.89. The molecule has 0 fully saturated rings. The predicted molar refractivity (Wildman–Crippen MR) is 106 cm³/mol. The Kier molecular flexibility index (Phi) is 5.63. The fourth-order valence-electron chi connectivity index (χ4n) is 2.95. The fourth-order valence-corrected chi connectivity index (χ4v) is 3.70. The van der Waals surface area contributed by atoms with Crippen LogP contribution in [0.4, 0.5) is 18.9 Å². The smallest absolute Gasteiger partial charge is 0.392 e. The number of hydrogen-bond donors (Lipinski definition) is 2. The summed E-state index contributed by atoms with van der Waals surface area (Å²) < 4.78 is 64.4. The maximum Gasteiger partial charge on any atom is 0.435 e. The van der Waals surface area contributed by atoms with E-state index >= 15 is 0 Å². The number of alkyl halides is 3. The third kappa shape index (κ3) is 4.32. The molecule has 11 heteroatoms. The second kappa shape index (κ2) is 7.74. The summed E-state index contributed by atoms with van der Waals surface area (Å²) in [6, 6.07) is 11.4. The average molecular weight is 440 g/mol. The molecule has 30 heavy (non-hydrogen) atoms. The first kappa shape index (κ1) is 21.8. The van der Waals surface area contributed by atoms with E-state index in [0.29, 0.717) is 5.56 Å². The summed E-state index contributed by atoms with van der Waals surface area (Å²) in [4.78, 5) is 1.54. The molecule has 0 saturated heterocycles. The minimum absolute atomic E-state index is 0.0482. The van der Waals surface area contributed by atoms with E-state index in [-0.39, 0.29) is 21.8 Å². The van der Waals surface area contributed by atoms with Gasteiger partial charge in [-0.15, -0.1) is 0 Å². The van der Waals surface area contributed by atoms with E-state index in [1.165, 1.54) is 12.1 Å². The number of hydrogen-bond acceptors (Lipinski definition) is 5. The van der Waals surface area contributed by atoms with E-state index in [9.17, 15) is 26.7 Å². The Morgan fingerprint density at radius 2 is 1.73 bits per heavy atom. The fraction of sp³-hybridized carbons (Fsp3) is 0.211. The van der Waals surface area contributed by atoms with Crippen molar-refractivity contribution in [2.75, 3.05) is 19.0 Å². The molecule has 0 radical (unpaired) electrons. The Labute approximate surface area is 171 Å². The molecule has 0 unspecified atom stereocenters. The molecule has 0 bridgehead atoms. The highest BCUT2D eigenvalue weighted by atomic mass is 32.2. The van der Waals surface area contributed by atoms with Crippen LogP contribution < -0.4 is 10.0 Å². The lowest BCUT2D eigenvalue weighted by Crippen LogP contribution is -2.15. The molecule has 0 atom stereocenters. The summed E-state index contributed by atoms with van der Waals surface area (Å²) in [5.41, 5.74) is 0.488. The number of aliphatic hydroxyl groups is 1. The van der Waals surface area contributed by atoms with E-state index < -0.39 is 28.5 Å². The van der Waals surface area contributed by atoms with Crippen LogP contribution in [0.5, 0.6) is 0 Å². The molecule has 3 N–H and O–H groups in total. The van der Waals surface area contributed by atoms with Crippen molar-refractivity contribution in [1.29, 1.82) is 0 Å². The molecule has 1 heterocycles. The number of nitrogens with two attached hydrogens (primary N) is 1. The van der Waals surface area contributed by atoms with Gasteiger partial charge in [0, 0.05) is 25.3 Å². The Balaban J connectivity index is 2.20. The molecule has 2 aromatic carbocycles. The summed E-state index contributed by atoms with van der Waals surface area (Å²) >= 11 is 0. The van der Waals surface area contributed by atoms with E-state index in [1.807, 2.05) is 19.0 Å². The van der Waals surface area contributed by atoms with E-state index in [0.717, 1.165) is 22.5 Å². The van der Waals surface area contributed by atoms with Crippen LogP contribution in [0.15, 0.2) is 53.4 Å². The molecule has 7 nitrogen and oxygen atoms in total. The number of aromatic nitrogens is 2. The first-order chi connectivity index (χ1) is 13.9. The van der Waals surface area contributed by atoms with Gasteiger partial charge in [0.1, 0.15) is 0 Å². The molecular weight excluding hydrogens is 421 g/mol. The van der Waals surface area contributed by atoms with Crippen LogP contribution in [-0.2, 0) is 22.8 Å². The SMILES string of the molecule is CN(C)c1ccc(-c2cc(C(F)(F)F)nn2-c2ccc(S(N)(=O)=O)c(CO)c2)cc1. The van der Waals surface area contributed by atoms with Gasteiger partial charge in [0.2, 0.25) is 10.0 Å². The second-order valence-corrected chi connectivity index (χ2v) is 8.29. The number of sulfonamides is 1. The molecule has 0 spiro atoms. The number of halogens is 3. The number of benzene rings is 2. The van der Waals surface area contributed by atoms with Gasteiger partial charge in [-0.05, 0) is 42.0 Å². The van der Waals surface area contributed by atoms with Gasteiger partial charge < -0.3 is 10.0 Å². The van der Waals surface area contributed by atoms with Crippen LogP contribution in [0.3, 0.4) is 0 Å². The highest BCUT2D eigenvalue weighted by Gasteiger charge is 2.35. The van der Waals surface area contributed by atoms with Gasteiger partial charge in [0.25, 0.3) is 0 Å². The van der Waals surface area contributed by atoms with Crippen LogP contribution in [-0.4, -0.2) is 37.4 Å². The van der Waals surface area contributed by atoms with Crippen LogP contribution >= 0.6 is 0 Å². The summed E-state index contributed by atoms with van der Waals surface area (Å²) in [5, 5.41) is 18.3. The number of rotatable bonds is 5. The van der Waals surface area contributed by atoms with Gasteiger partial charge in [-0.3, -0.25) is 0 Å². The Morgan fingerprint density at radius 1 is 1.10 bits per heavy atom. The van der Waals surface area contributed by atoms with Crippen molar-refractivity contribution in [3.63, 3.8) is 0 Å². The van der Waals surface area contributed by atoms with Gasteiger partial charge in [0.15, 0.2) is 5.69 Å². The monoisotopic (exact) mass is 440 g/mol. The van der Waals surface area contributed by atoms with Crippen molar-refractivity contribution in [2.24, 2.45) is 5.14 Å². The molecule has 160 valence electrons. The van der Waals surface area contributed by atoms with Crippen molar-refractivity contribution in [3.05, 3.63) is 59.8 Å². The quantitative estimate of drug-likeness (QED) is 0.635. The summed E-state index contributed by atoms with van der Waals surface area (Å²) in [6.07, 6.45) is -4.68. The van der Waals surface area contributed by atoms with Crippen LogP contribution in [0.1, 0.15) is 11.3 Å². The Bertz CT molecular complexity index is 1170. The van der Waals surface area contributed by atoms with Crippen molar-refractivity contribution in [1.82, 2.24) is 9.78 Å². The highest BCUT2D eigenvalue weighted by Crippen LogP contribution is 2.34. The molecule has 0 aliphatic heterocycles. The predicted octanol–water partition coefficient (Wildman–Crippen LogP) is 2.76. The van der Waals surface area contributed by atoms with E-state index in [4.69, 9.17) is 5.14 Å². The van der Waals surface area contributed by atoms with Gasteiger partial charge in [-0.2, -0.15) is 18.3 Å². The minimum Gasteiger partial charge on any atom is -0.392 e. The number of anilines is 1. The lowest BCUT2D eigenvalue weighted by Gasteiger charge is -2.14. The first-order valence-electron chi connectivity index (χ1n) is 8.64. The average Bonchev–Trinajstić information content (AvgIpc) is 3.12. The molecule has 0 aliphatic carbocycles. The molecule has 3 aromatic rings. The molecular formula is C19H19F3N4O3S. The van der Waals surface area contributed by atoms with Crippen molar-refractivity contribution in [3.8, 4) is 16.9 Å². The molecule has 0 aliphatic rings. The third-order valence-electron chi connectivity index (χ3n) is 4.44. The zero-order valence-corrected chi connectivity index (χ0v) is 16.9. The third-order valence-corrected chi connectivity index (χ3v) is 5.46. The first-order valence-corrected chi connectivity index (χ1v) is 10.2. The van der Waals surface area contributed by atoms with Crippen molar-refractivity contribution >= 4 is 15.7 Å². The standard InChI is InChI=1S/C19H19F3N4O3S/c1-25(2)14-5-3-12(4-6-14)16-10-18(19(20,21)22)24-26(16)15-7-8-17(30(23,28)29)13(9-15)11-27/h3-10,27H,11H2,1-2H3,(H2,23,28,29). The lowest BCUT2D eigenvalue weighted by molar-refractivity contribution is -0.141. The Hall–Kier alpha value is -2.89. The van der Waals surface area contributed by atoms with E-state index in [1.54, 1.807) is 24.3 Å². The molecule has 0 saturated carbocycles. The molecule has 0 amide bonds. The number of aliphatic hydroxyl groups excluding tert-OH is 1. The van der Waals surface area contributed by atoms with Crippen molar-refractivity contribution in [2.45, 2.75) is 17.7 Å². The lowest BCUT2D eigenvalue weighted by atomic mass is 10.1. The van der Waals surface area contributed by atoms with Gasteiger partial charge in [-0.1, -0.05) is 12.1 Å². The zero-order chi connectivity index (χ0) is 22.3. The van der Waals surface area contributed by atoms with Gasteiger partial charge in [0.05, 0.1) is 22.9 Å². The van der Waals surface area contributed by atoms with Gasteiger partial charge in [-0.25, -0.2) is 18.2 Å². The van der Waals surface area contributed by atoms with E-state index in [2.05, 4.69) is 5.10 Å². The summed E-state index contributed by atoms with van der Waals surface area (Å²) in [5.74, 6) is 0. The number of primary sulfonamides is 1. The van der Waals surface area contributed by atoms with Gasteiger partial charge >= 0.3 is 6.18 Å². The van der Waals surface area contributed by atoms with Crippen LogP contribution in [0, 0.1) is 0 Å². The summed E-state index contributed by atoms with van der Waals surface area (Å²) in [6.45, 7) is -0.667. The van der Waals surface area contributed by atoms with Crippen LogP contribution in [0.25, 0.3) is 16.9 Å². The Morgan fingerprint density at radius 3 is 2.23 bits per heavy atom.